The molecule has 1 fully saturated rings. The van der Waals surface area contributed by atoms with E-state index in [-0.39, 0.29) is 25.5 Å². The second kappa shape index (κ2) is 6.11. The highest BCUT2D eigenvalue weighted by molar-refractivity contribution is 9.10. The zero-order chi connectivity index (χ0) is 16.7. The van der Waals surface area contributed by atoms with Gasteiger partial charge in [-0.05, 0) is 51.3 Å². The number of halogens is 5. The molecular formula is C17H13BrClF3O. The Morgan fingerprint density at radius 3 is 2.35 bits per heavy atom. The zero-order valence-corrected chi connectivity index (χ0v) is 14.3. The highest BCUT2D eigenvalue weighted by atomic mass is 79.9. The minimum Gasteiger partial charge on any atom is -0.376 e. The standard InChI is InChI=1S/C17H13BrClF3O/c18-14-7-11(1-6-15(14)20)8-23-10-16(9-17(16,21)22)12-2-4-13(19)5-3-12/h1-7H,8-10H2. The Morgan fingerprint density at radius 1 is 1.13 bits per heavy atom. The van der Waals surface area contributed by atoms with E-state index in [1.54, 1.807) is 36.4 Å². The summed E-state index contributed by atoms with van der Waals surface area (Å²) >= 11 is 8.90. The maximum absolute atomic E-state index is 13.9. The van der Waals surface area contributed by atoms with Crippen molar-refractivity contribution >= 4 is 27.5 Å². The number of hydrogen-bond donors (Lipinski definition) is 0. The molecule has 1 aliphatic carbocycles. The number of rotatable bonds is 5. The Kier molecular flexibility index (Phi) is 4.47. The van der Waals surface area contributed by atoms with Crippen LogP contribution >= 0.6 is 27.5 Å². The minimum absolute atomic E-state index is 0.101. The highest BCUT2D eigenvalue weighted by Crippen LogP contribution is 2.61. The van der Waals surface area contributed by atoms with Gasteiger partial charge in [-0.15, -0.1) is 0 Å². The normalized spacial score (nSPS) is 22.1. The van der Waals surface area contributed by atoms with Crippen molar-refractivity contribution in [1.82, 2.24) is 0 Å². The number of benzene rings is 2. The van der Waals surface area contributed by atoms with E-state index in [0.717, 1.165) is 0 Å². The second-order valence-electron chi connectivity index (χ2n) is 5.71. The van der Waals surface area contributed by atoms with Gasteiger partial charge in [-0.25, -0.2) is 13.2 Å². The van der Waals surface area contributed by atoms with Crippen molar-refractivity contribution in [3.63, 3.8) is 0 Å². The average Bonchev–Trinajstić information content (AvgIpc) is 3.06. The Balaban J connectivity index is 1.69. The summed E-state index contributed by atoms with van der Waals surface area (Å²) in [6.45, 7) is 0.0426. The molecule has 1 aliphatic rings. The van der Waals surface area contributed by atoms with Crippen LogP contribution in [-0.4, -0.2) is 12.5 Å². The van der Waals surface area contributed by atoms with Crippen LogP contribution < -0.4 is 0 Å². The molecule has 1 nitrogen and oxygen atoms in total. The van der Waals surface area contributed by atoms with Gasteiger partial charge in [0, 0.05) is 11.4 Å². The fourth-order valence-corrected chi connectivity index (χ4v) is 3.18. The summed E-state index contributed by atoms with van der Waals surface area (Å²) in [5.74, 6) is -3.16. The van der Waals surface area contributed by atoms with Crippen LogP contribution in [0.15, 0.2) is 46.9 Å². The Bertz CT molecular complexity index is 720. The van der Waals surface area contributed by atoms with Gasteiger partial charge in [-0.1, -0.05) is 29.8 Å². The zero-order valence-electron chi connectivity index (χ0n) is 12.0. The molecule has 1 unspecified atom stereocenters. The molecule has 0 amide bonds. The maximum atomic E-state index is 13.9. The fourth-order valence-electron chi connectivity index (χ4n) is 2.63. The van der Waals surface area contributed by atoms with Crippen molar-refractivity contribution in [1.29, 1.82) is 0 Å². The number of alkyl halides is 2. The molecule has 6 heteroatoms. The largest absolute Gasteiger partial charge is 0.376 e. The molecule has 0 aliphatic heterocycles. The van der Waals surface area contributed by atoms with E-state index in [4.69, 9.17) is 16.3 Å². The molecule has 0 heterocycles. The molecule has 23 heavy (non-hydrogen) atoms. The van der Waals surface area contributed by atoms with Gasteiger partial charge in [0.25, 0.3) is 5.92 Å². The predicted molar refractivity (Wildman–Crippen MR) is 86.5 cm³/mol. The lowest BCUT2D eigenvalue weighted by molar-refractivity contribution is 0.0335. The maximum Gasteiger partial charge on any atom is 0.261 e. The third-order valence-corrected chi connectivity index (χ3v) is 4.96. The summed E-state index contributed by atoms with van der Waals surface area (Å²) < 4.78 is 46.8. The summed E-state index contributed by atoms with van der Waals surface area (Å²) in [5.41, 5.74) is -0.0600. The molecule has 122 valence electrons. The quantitative estimate of drug-likeness (QED) is 0.617. The van der Waals surface area contributed by atoms with Crippen molar-refractivity contribution in [3.8, 4) is 0 Å². The monoisotopic (exact) mass is 404 g/mol. The van der Waals surface area contributed by atoms with Crippen LogP contribution in [0.1, 0.15) is 17.5 Å². The van der Waals surface area contributed by atoms with Gasteiger partial charge in [0.1, 0.15) is 5.82 Å². The molecule has 0 saturated heterocycles. The van der Waals surface area contributed by atoms with E-state index in [2.05, 4.69) is 15.9 Å². The molecule has 2 aromatic rings. The van der Waals surface area contributed by atoms with Crippen molar-refractivity contribution in [2.45, 2.75) is 24.4 Å². The third-order valence-electron chi connectivity index (χ3n) is 4.10. The van der Waals surface area contributed by atoms with Gasteiger partial charge in [0.15, 0.2) is 0 Å². The number of ether oxygens (including phenoxy) is 1. The lowest BCUT2D eigenvalue weighted by Crippen LogP contribution is -2.23. The van der Waals surface area contributed by atoms with Gasteiger partial charge in [0.2, 0.25) is 0 Å². The topological polar surface area (TPSA) is 9.23 Å². The lowest BCUT2D eigenvalue weighted by atomic mass is 9.96. The van der Waals surface area contributed by atoms with E-state index in [1.807, 2.05) is 0 Å². The first kappa shape index (κ1) is 16.8. The lowest BCUT2D eigenvalue weighted by Gasteiger charge is -2.17. The van der Waals surface area contributed by atoms with Gasteiger partial charge in [-0.2, -0.15) is 0 Å². The fraction of sp³-hybridized carbons (Fsp3) is 0.294. The smallest absolute Gasteiger partial charge is 0.261 e. The molecule has 0 N–H and O–H groups in total. The van der Waals surface area contributed by atoms with Crippen molar-refractivity contribution in [2.75, 3.05) is 6.61 Å². The van der Waals surface area contributed by atoms with Crippen LogP contribution in [0.2, 0.25) is 5.02 Å². The first-order chi connectivity index (χ1) is 10.8. The summed E-state index contributed by atoms with van der Waals surface area (Å²) in [7, 11) is 0. The molecule has 0 bridgehead atoms. The molecule has 0 spiro atoms. The van der Waals surface area contributed by atoms with Gasteiger partial charge >= 0.3 is 0 Å². The molecule has 3 rings (SSSR count). The third kappa shape index (κ3) is 3.28. The summed E-state index contributed by atoms with van der Waals surface area (Å²) in [6.07, 6.45) is -0.241. The van der Waals surface area contributed by atoms with E-state index in [1.165, 1.54) is 6.07 Å². The molecule has 2 aromatic carbocycles. The van der Waals surface area contributed by atoms with Crippen molar-refractivity contribution in [3.05, 3.63) is 68.9 Å². The molecule has 0 radical (unpaired) electrons. The first-order valence-corrected chi connectivity index (χ1v) is 8.17. The minimum atomic E-state index is -2.79. The van der Waals surface area contributed by atoms with E-state index >= 15 is 0 Å². The van der Waals surface area contributed by atoms with E-state index < -0.39 is 11.3 Å². The SMILES string of the molecule is Fc1ccc(COCC2(c3ccc(Cl)cc3)CC2(F)F)cc1Br. The van der Waals surface area contributed by atoms with Crippen LogP contribution in [0, 0.1) is 5.82 Å². The summed E-state index contributed by atoms with van der Waals surface area (Å²) in [4.78, 5) is 0. The van der Waals surface area contributed by atoms with Crippen LogP contribution in [0.5, 0.6) is 0 Å². The second-order valence-corrected chi connectivity index (χ2v) is 7.00. The van der Waals surface area contributed by atoms with Crippen LogP contribution in [-0.2, 0) is 16.8 Å². The average molecular weight is 406 g/mol. The Hall–Kier alpha value is -1.04. The van der Waals surface area contributed by atoms with Gasteiger partial charge < -0.3 is 4.74 Å². The molecule has 1 atom stereocenters. The molecule has 1 saturated carbocycles. The highest BCUT2D eigenvalue weighted by Gasteiger charge is 2.72. The van der Waals surface area contributed by atoms with E-state index in [0.29, 0.717) is 20.6 Å². The molecular weight excluding hydrogens is 393 g/mol. The van der Waals surface area contributed by atoms with Crippen molar-refractivity contribution in [2.24, 2.45) is 0 Å². The Labute approximate surface area is 145 Å². The van der Waals surface area contributed by atoms with E-state index in [9.17, 15) is 13.2 Å². The number of hydrogen-bond acceptors (Lipinski definition) is 1. The van der Waals surface area contributed by atoms with Crippen LogP contribution in [0.3, 0.4) is 0 Å². The van der Waals surface area contributed by atoms with Crippen LogP contribution in [0.25, 0.3) is 0 Å². The van der Waals surface area contributed by atoms with Crippen LogP contribution in [0.4, 0.5) is 13.2 Å². The van der Waals surface area contributed by atoms with Crippen molar-refractivity contribution < 1.29 is 17.9 Å². The first-order valence-electron chi connectivity index (χ1n) is 7.00. The van der Waals surface area contributed by atoms with Gasteiger partial charge in [0.05, 0.1) is 23.1 Å². The predicted octanol–water partition coefficient (Wildman–Crippen LogP) is 5.74. The van der Waals surface area contributed by atoms with Gasteiger partial charge in [-0.3, -0.25) is 0 Å². The Morgan fingerprint density at radius 2 is 1.78 bits per heavy atom. The molecule has 0 aromatic heterocycles. The summed E-state index contributed by atoms with van der Waals surface area (Å²) in [5, 5.41) is 0.505. The summed E-state index contributed by atoms with van der Waals surface area (Å²) in [6, 6.07) is 10.9.